The van der Waals surface area contributed by atoms with Crippen LogP contribution in [0.15, 0.2) is 17.3 Å². The van der Waals surface area contributed by atoms with Gasteiger partial charge in [-0.05, 0) is 19.1 Å². The van der Waals surface area contributed by atoms with E-state index in [0.717, 1.165) is 12.2 Å². The summed E-state index contributed by atoms with van der Waals surface area (Å²) in [5.41, 5.74) is 0. The molecule has 0 saturated carbocycles. The molecule has 0 unspecified atom stereocenters. The maximum Gasteiger partial charge on any atom is 0.313 e. The number of carbonyl (C=O) groups is 1. The predicted molar refractivity (Wildman–Crippen MR) is 75.9 cm³/mol. The molecule has 102 valence electrons. The van der Waals surface area contributed by atoms with Crippen LogP contribution in [0, 0.1) is 6.92 Å². The number of aromatic nitrogens is 3. The number of hydrogen-bond donors (Lipinski definition) is 1. The Morgan fingerprint density at radius 2 is 2.26 bits per heavy atom. The smallest absolute Gasteiger partial charge is 0.313 e. The summed E-state index contributed by atoms with van der Waals surface area (Å²) in [4.78, 5) is 13.1. The van der Waals surface area contributed by atoms with Crippen LogP contribution in [0.2, 0.25) is 0 Å². The Balaban J connectivity index is 2.20. The highest BCUT2D eigenvalue weighted by Gasteiger charge is 2.13. The SMILES string of the molecule is CCc1nnc(SCC(=O)O)n1Cc1ccc(C)s1. The average Bonchev–Trinajstić information content (AvgIpc) is 2.94. The van der Waals surface area contributed by atoms with Gasteiger partial charge in [-0.1, -0.05) is 18.7 Å². The highest BCUT2D eigenvalue weighted by atomic mass is 32.2. The minimum atomic E-state index is -0.843. The number of aryl methyl sites for hydroxylation is 2. The molecular formula is C12H15N3O2S2. The number of thiophene rings is 1. The van der Waals surface area contributed by atoms with Crippen molar-refractivity contribution in [3.8, 4) is 0 Å². The molecule has 0 fully saturated rings. The molecule has 0 aromatic carbocycles. The molecule has 2 rings (SSSR count). The zero-order valence-electron chi connectivity index (χ0n) is 10.8. The van der Waals surface area contributed by atoms with Crippen LogP contribution in [0.25, 0.3) is 0 Å². The molecule has 5 nitrogen and oxygen atoms in total. The first-order chi connectivity index (χ1) is 9.10. The fourth-order valence-corrected chi connectivity index (χ4v) is 3.25. The summed E-state index contributed by atoms with van der Waals surface area (Å²) in [5.74, 6) is 0.0502. The lowest BCUT2D eigenvalue weighted by atomic mass is 10.4. The van der Waals surface area contributed by atoms with Gasteiger partial charge in [-0.25, -0.2) is 0 Å². The van der Waals surface area contributed by atoms with Gasteiger partial charge in [0.25, 0.3) is 0 Å². The molecule has 19 heavy (non-hydrogen) atoms. The van der Waals surface area contributed by atoms with Crippen molar-refractivity contribution in [3.05, 3.63) is 27.7 Å². The quantitative estimate of drug-likeness (QED) is 0.829. The average molecular weight is 297 g/mol. The van der Waals surface area contributed by atoms with E-state index in [2.05, 4.69) is 29.3 Å². The van der Waals surface area contributed by atoms with Crippen molar-refractivity contribution in [1.29, 1.82) is 0 Å². The van der Waals surface area contributed by atoms with Crippen molar-refractivity contribution < 1.29 is 9.90 Å². The highest BCUT2D eigenvalue weighted by Crippen LogP contribution is 2.22. The number of nitrogens with zero attached hydrogens (tertiary/aromatic N) is 3. The van der Waals surface area contributed by atoms with Gasteiger partial charge < -0.3 is 9.67 Å². The first kappa shape index (κ1) is 14.1. The molecule has 0 spiro atoms. The molecular weight excluding hydrogens is 282 g/mol. The van der Waals surface area contributed by atoms with Crippen LogP contribution in [0.1, 0.15) is 22.5 Å². The van der Waals surface area contributed by atoms with E-state index in [1.54, 1.807) is 11.3 Å². The number of hydrogen-bond acceptors (Lipinski definition) is 5. The first-order valence-corrected chi connectivity index (χ1v) is 7.72. The monoisotopic (exact) mass is 297 g/mol. The Morgan fingerprint density at radius 1 is 1.47 bits per heavy atom. The summed E-state index contributed by atoms with van der Waals surface area (Å²) in [6, 6.07) is 4.17. The second-order valence-corrected chi connectivity index (χ2v) is 6.35. The van der Waals surface area contributed by atoms with Gasteiger partial charge in [-0.2, -0.15) is 0 Å². The van der Waals surface area contributed by atoms with E-state index in [0.29, 0.717) is 11.7 Å². The first-order valence-electron chi connectivity index (χ1n) is 5.92. The van der Waals surface area contributed by atoms with Crippen LogP contribution in [0.4, 0.5) is 0 Å². The van der Waals surface area contributed by atoms with Crippen molar-refractivity contribution in [2.45, 2.75) is 32.0 Å². The van der Waals surface area contributed by atoms with E-state index < -0.39 is 5.97 Å². The van der Waals surface area contributed by atoms with Gasteiger partial charge in [-0.15, -0.1) is 21.5 Å². The molecule has 0 atom stereocenters. The number of carboxylic acid groups (broad SMARTS) is 1. The standard InChI is InChI=1S/C12H15N3O2S2/c1-3-10-13-14-12(18-7-11(16)17)15(10)6-9-5-4-8(2)19-9/h4-5H,3,6-7H2,1-2H3,(H,16,17). The molecule has 0 aliphatic heterocycles. The Hall–Kier alpha value is -1.34. The van der Waals surface area contributed by atoms with Crippen LogP contribution in [0.3, 0.4) is 0 Å². The number of rotatable bonds is 6. The topological polar surface area (TPSA) is 68.0 Å². The van der Waals surface area contributed by atoms with Crippen molar-refractivity contribution in [2.75, 3.05) is 5.75 Å². The molecule has 0 saturated heterocycles. The summed E-state index contributed by atoms with van der Waals surface area (Å²) in [6.07, 6.45) is 0.783. The summed E-state index contributed by atoms with van der Waals surface area (Å²) in [5, 5.41) is 17.6. The minimum absolute atomic E-state index is 0.00527. The Bertz CT molecular complexity index is 577. The molecule has 7 heteroatoms. The van der Waals surface area contributed by atoms with Crippen LogP contribution in [-0.4, -0.2) is 31.6 Å². The van der Waals surface area contributed by atoms with E-state index in [1.165, 1.54) is 21.5 Å². The van der Waals surface area contributed by atoms with Crippen LogP contribution in [0.5, 0.6) is 0 Å². The highest BCUT2D eigenvalue weighted by molar-refractivity contribution is 7.99. The van der Waals surface area contributed by atoms with E-state index >= 15 is 0 Å². The molecule has 0 amide bonds. The molecule has 1 N–H and O–H groups in total. The van der Waals surface area contributed by atoms with E-state index in [-0.39, 0.29) is 5.75 Å². The van der Waals surface area contributed by atoms with Gasteiger partial charge in [0, 0.05) is 16.2 Å². The molecule has 2 aromatic rings. The molecule has 2 aromatic heterocycles. The Labute approximate surface area is 119 Å². The molecule has 0 radical (unpaired) electrons. The van der Waals surface area contributed by atoms with Crippen molar-refractivity contribution in [2.24, 2.45) is 0 Å². The zero-order chi connectivity index (χ0) is 13.8. The third-order valence-electron chi connectivity index (χ3n) is 2.54. The lowest BCUT2D eigenvalue weighted by Gasteiger charge is -2.07. The normalized spacial score (nSPS) is 10.8. The van der Waals surface area contributed by atoms with Gasteiger partial charge in [0.1, 0.15) is 5.82 Å². The van der Waals surface area contributed by atoms with E-state index in [1.807, 2.05) is 11.5 Å². The van der Waals surface area contributed by atoms with Crippen molar-refractivity contribution >= 4 is 29.1 Å². The number of aliphatic carboxylic acids is 1. The summed E-state index contributed by atoms with van der Waals surface area (Å²) < 4.78 is 2.00. The predicted octanol–water partition coefficient (Wildman–Crippen LogP) is 2.44. The van der Waals surface area contributed by atoms with Crippen LogP contribution >= 0.6 is 23.1 Å². The summed E-state index contributed by atoms with van der Waals surface area (Å²) in [7, 11) is 0. The molecule has 2 heterocycles. The Morgan fingerprint density at radius 3 is 2.84 bits per heavy atom. The second kappa shape index (κ2) is 6.21. The maximum atomic E-state index is 10.6. The van der Waals surface area contributed by atoms with Gasteiger partial charge in [0.2, 0.25) is 0 Å². The van der Waals surface area contributed by atoms with Crippen molar-refractivity contribution in [1.82, 2.24) is 14.8 Å². The Kier molecular flexibility index (Phi) is 4.60. The molecule has 0 bridgehead atoms. The third kappa shape index (κ3) is 3.57. The van der Waals surface area contributed by atoms with Crippen molar-refractivity contribution in [3.63, 3.8) is 0 Å². The molecule has 0 aliphatic rings. The van der Waals surface area contributed by atoms with Gasteiger partial charge in [0.05, 0.1) is 12.3 Å². The van der Waals surface area contributed by atoms with Gasteiger partial charge in [-0.3, -0.25) is 4.79 Å². The lowest BCUT2D eigenvalue weighted by molar-refractivity contribution is -0.133. The van der Waals surface area contributed by atoms with Crippen LogP contribution in [-0.2, 0) is 17.8 Å². The number of thioether (sulfide) groups is 1. The third-order valence-corrected chi connectivity index (χ3v) is 4.48. The fraction of sp³-hybridized carbons (Fsp3) is 0.417. The van der Waals surface area contributed by atoms with Crippen LogP contribution < -0.4 is 0 Å². The molecule has 0 aliphatic carbocycles. The second-order valence-electron chi connectivity index (χ2n) is 4.03. The minimum Gasteiger partial charge on any atom is -0.481 e. The fourth-order valence-electron chi connectivity index (χ4n) is 1.70. The van der Waals surface area contributed by atoms with Gasteiger partial charge >= 0.3 is 5.97 Å². The van der Waals surface area contributed by atoms with E-state index in [9.17, 15) is 4.79 Å². The largest absolute Gasteiger partial charge is 0.481 e. The van der Waals surface area contributed by atoms with E-state index in [4.69, 9.17) is 5.11 Å². The zero-order valence-corrected chi connectivity index (χ0v) is 12.4. The lowest BCUT2D eigenvalue weighted by Crippen LogP contribution is -2.06. The summed E-state index contributed by atoms with van der Waals surface area (Å²) in [6.45, 7) is 4.80. The summed E-state index contributed by atoms with van der Waals surface area (Å²) >= 11 is 2.95. The van der Waals surface area contributed by atoms with Gasteiger partial charge in [0.15, 0.2) is 5.16 Å². The maximum absolute atomic E-state index is 10.6. The number of carboxylic acids is 1.